The minimum absolute atomic E-state index is 0.295. The van der Waals surface area contributed by atoms with E-state index in [2.05, 4.69) is 10.6 Å². The quantitative estimate of drug-likeness (QED) is 0.653. The van der Waals surface area contributed by atoms with Crippen molar-refractivity contribution in [2.75, 3.05) is 18.4 Å². The maximum Gasteiger partial charge on any atom is 0.221 e. The van der Waals surface area contributed by atoms with Crippen LogP contribution in [0.2, 0.25) is 0 Å². The van der Waals surface area contributed by atoms with Crippen molar-refractivity contribution in [2.45, 2.75) is 12.5 Å². The molecule has 80 valence electrons. The SMILES string of the molecule is NC(=O)Cc1ccccc1NC1CNC1. The minimum Gasteiger partial charge on any atom is -0.380 e. The summed E-state index contributed by atoms with van der Waals surface area (Å²) < 4.78 is 0. The molecule has 1 aliphatic heterocycles. The molecule has 1 aromatic rings. The Morgan fingerprint density at radius 1 is 1.47 bits per heavy atom. The van der Waals surface area contributed by atoms with Gasteiger partial charge >= 0.3 is 0 Å². The van der Waals surface area contributed by atoms with Crippen molar-refractivity contribution in [3.63, 3.8) is 0 Å². The number of benzene rings is 1. The third-order valence-electron chi connectivity index (χ3n) is 2.52. The van der Waals surface area contributed by atoms with Crippen LogP contribution in [0.1, 0.15) is 5.56 Å². The first-order valence-corrected chi connectivity index (χ1v) is 5.09. The van der Waals surface area contributed by atoms with E-state index in [0.717, 1.165) is 24.3 Å². The first-order chi connectivity index (χ1) is 7.25. The van der Waals surface area contributed by atoms with E-state index >= 15 is 0 Å². The molecule has 0 radical (unpaired) electrons. The lowest BCUT2D eigenvalue weighted by Gasteiger charge is -2.29. The number of amides is 1. The fraction of sp³-hybridized carbons (Fsp3) is 0.364. The molecule has 0 saturated carbocycles. The average molecular weight is 205 g/mol. The summed E-state index contributed by atoms with van der Waals surface area (Å²) in [5.74, 6) is -0.295. The fourth-order valence-electron chi connectivity index (χ4n) is 1.61. The number of hydrogen-bond acceptors (Lipinski definition) is 3. The zero-order valence-corrected chi connectivity index (χ0v) is 8.49. The van der Waals surface area contributed by atoms with Crippen LogP contribution in [0, 0.1) is 0 Å². The van der Waals surface area contributed by atoms with E-state index in [1.165, 1.54) is 0 Å². The van der Waals surface area contributed by atoms with Crippen molar-refractivity contribution in [2.24, 2.45) is 5.73 Å². The van der Waals surface area contributed by atoms with Gasteiger partial charge in [0.2, 0.25) is 5.91 Å². The number of para-hydroxylation sites is 1. The Morgan fingerprint density at radius 2 is 2.20 bits per heavy atom. The molecule has 4 nitrogen and oxygen atoms in total. The van der Waals surface area contributed by atoms with Gasteiger partial charge in [0.15, 0.2) is 0 Å². The molecule has 1 aromatic carbocycles. The zero-order valence-electron chi connectivity index (χ0n) is 8.49. The fourth-order valence-corrected chi connectivity index (χ4v) is 1.61. The molecular formula is C11H15N3O. The van der Waals surface area contributed by atoms with Crippen LogP contribution in [0.15, 0.2) is 24.3 Å². The van der Waals surface area contributed by atoms with E-state index in [1.54, 1.807) is 0 Å². The van der Waals surface area contributed by atoms with Crippen LogP contribution in [-0.4, -0.2) is 25.0 Å². The summed E-state index contributed by atoms with van der Waals surface area (Å²) in [6.07, 6.45) is 0.295. The van der Waals surface area contributed by atoms with Crippen molar-refractivity contribution >= 4 is 11.6 Å². The molecule has 0 unspecified atom stereocenters. The maximum atomic E-state index is 10.9. The minimum atomic E-state index is -0.295. The number of hydrogen-bond donors (Lipinski definition) is 3. The molecule has 0 aromatic heterocycles. The van der Waals surface area contributed by atoms with Gasteiger partial charge in [-0.05, 0) is 11.6 Å². The molecule has 0 spiro atoms. The van der Waals surface area contributed by atoms with Gasteiger partial charge in [-0.2, -0.15) is 0 Å². The molecule has 0 atom stereocenters. The maximum absolute atomic E-state index is 10.9. The number of rotatable bonds is 4. The second kappa shape index (κ2) is 4.31. The summed E-state index contributed by atoms with van der Waals surface area (Å²) in [6.45, 7) is 1.95. The Kier molecular flexibility index (Phi) is 2.87. The van der Waals surface area contributed by atoms with E-state index in [0.29, 0.717) is 12.5 Å². The lowest BCUT2D eigenvalue weighted by atomic mass is 10.1. The van der Waals surface area contributed by atoms with E-state index in [1.807, 2.05) is 24.3 Å². The summed E-state index contributed by atoms with van der Waals surface area (Å²) >= 11 is 0. The monoisotopic (exact) mass is 205 g/mol. The van der Waals surface area contributed by atoms with Crippen molar-refractivity contribution < 1.29 is 4.79 Å². The van der Waals surface area contributed by atoms with Crippen molar-refractivity contribution in [3.8, 4) is 0 Å². The molecular weight excluding hydrogens is 190 g/mol. The third-order valence-corrected chi connectivity index (χ3v) is 2.52. The molecule has 1 heterocycles. The van der Waals surface area contributed by atoms with Gasteiger partial charge in [-0.15, -0.1) is 0 Å². The topological polar surface area (TPSA) is 67.2 Å². The molecule has 1 aliphatic rings. The van der Waals surface area contributed by atoms with Crippen LogP contribution >= 0.6 is 0 Å². The largest absolute Gasteiger partial charge is 0.380 e. The number of nitrogens with two attached hydrogens (primary N) is 1. The average Bonchev–Trinajstić information content (AvgIpc) is 2.13. The molecule has 1 fully saturated rings. The van der Waals surface area contributed by atoms with Crippen LogP contribution in [0.4, 0.5) is 5.69 Å². The van der Waals surface area contributed by atoms with Crippen LogP contribution in [0.25, 0.3) is 0 Å². The molecule has 4 N–H and O–H groups in total. The molecule has 1 saturated heterocycles. The van der Waals surface area contributed by atoms with Crippen LogP contribution < -0.4 is 16.4 Å². The van der Waals surface area contributed by atoms with Crippen molar-refractivity contribution in [1.82, 2.24) is 5.32 Å². The Balaban J connectivity index is 2.09. The van der Waals surface area contributed by atoms with Gasteiger partial charge in [0.05, 0.1) is 12.5 Å². The third kappa shape index (κ3) is 2.47. The van der Waals surface area contributed by atoms with E-state index in [-0.39, 0.29) is 5.91 Å². The highest BCUT2D eigenvalue weighted by molar-refractivity contribution is 5.78. The van der Waals surface area contributed by atoms with Crippen molar-refractivity contribution in [1.29, 1.82) is 0 Å². The molecule has 4 heteroatoms. The predicted octanol–water partition coefficient (Wildman–Crippen LogP) is 0.0981. The molecule has 15 heavy (non-hydrogen) atoms. The highest BCUT2D eigenvalue weighted by Crippen LogP contribution is 2.17. The van der Waals surface area contributed by atoms with Crippen LogP contribution in [0.3, 0.4) is 0 Å². The zero-order chi connectivity index (χ0) is 10.7. The number of anilines is 1. The normalized spacial score (nSPS) is 15.7. The molecule has 1 amide bonds. The number of carbonyl (C=O) groups excluding carboxylic acids is 1. The second-order valence-corrected chi connectivity index (χ2v) is 3.80. The Bertz CT molecular complexity index is 361. The van der Waals surface area contributed by atoms with E-state index in [9.17, 15) is 4.79 Å². The van der Waals surface area contributed by atoms with Gasteiger partial charge in [-0.1, -0.05) is 18.2 Å². The van der Waals surface area contributed by atoms with Gasteiger partial charge in [0.1, 0.15) is 0 Å². The first kappa shape index (κ1) is 9.98. The first-order valence-electron chi connectivity index (χ1n) is 5.09. The van der Waals surface area contributed by atoms with Gasteiger partial charge in [-0.3, -0.25) is 4.79 Å². The standard InChI is InChI=1S/C11H15N3O/c12-11(15)5-8-3-1-2-4-10(8)14-9-6-13-7-9/h1-4,9,13-14H,5-7H2,(H2,12,15). The molecule has 0 bridgehead atoms. The molecule has 2 rings (SSSR count). The summed E-state index contributed by atoms with van der Waals surface area (Å²) in [5.41, 5.74) is 7.18. The van der Waals surface area contributed by atoms with Gasteiger partial charge in [0.25, 0.3) is 0 Å². The number of nitrogens with one attached hydrogen (secondary N) is 2. The summed E-state index contributed by atoms with van der Waals surface area (Å²) in [5, 5.41) is 6.57. The highest BCUT2D eigenvalue weighted by Gasteiger charge is 2.17. The van der Waals surface area contributed by atoms with Crippen molar-refractivity contribution in [3.05, 3.63) is 29.8 Å². The Hall–Kier alpha value is -1.55. The lowest BCUT2D eigenvalue weighted by Crippen LogP contribution is -2.51. The van der Waals surface area contributed by atoms with Gasteiger partial charge in [-0.25, -0.2) is 0 Å². The highest BCUT2D eigenvalue weighted by atomic mass is 16.1. The van der Waals surface area contributed by atoms with Crippen LogP contribution in [0.5, 0.6) is 0 Å². The summed E-state index contributed by atoms with van der Waals surface area (Å²) in [7, 11) is 0. The molecule has 0 aliphatic carbocycles. The second-order valence-electron chi connectivity index (χ2n) is 3.80. The van der Waals surface area contributed by atoms with Gasteiger partial charge < -0.3 is 16.4 Å². The van der Waals surface area contributed by atoms with Gasteiger partial charge in [0, 0.05) is 18.8 Å². The predicted molar refractivity (Wildman–Crippen MR) is 59.6 cm³/mol. The van der Waals surface area contributed by atoms with E-state index in [4.69, 9.17) is 5.73 Å². The smallest absolute Gasteiger partial charge is 0.221 e. The number of primary amides is 1. The lowest BCUT2D eigenvalue weighted by molar-refractivity contribution is -0.117. The Labute approximate surface area is 88.9 Å². The number of carbonyl (C=O) groups is 1. The summed E-state index contributed by atoms with van der Waals surface area (Å²) in [4.78, 5) is 10.9. The van der Waals surface area contributed by atoms with E-state index < -0.39 is 0 Å². The Morgan fingerprint density at radius 3 is 2.80 bits per heavy atom. The van der Waals surface area contributed by atoms with Crippen LogP contribution in [-0.2, 0) is 11.2 Å². The summed E-state index contributed by atoms with van der Waals surface area (Å²) in [6, 6.07) is 8.26.